The molecule has 0 atom stereocenters. The molecule has 1 aromatic heterocycles. The number of rotatable bonds is 7. The average molecular weight is 341 g/mol. The van der Waals surface area contributed by atoms with Crippen LogP contribution in [-0.4, -0.2) is 36.6 Å². The Morgan fingerprint density at radius 3 is 2.40 bits per heavy atom. The molecule has 0 aliphatic carbocycles. The second-order valence-corrected chi connectivity index (χ2v) is 5.30. The molecule has 2 aromatic rings. The van der Waals surface area contributed by atoms with E-state index in [1.54, 1.807) is 37.3 Å². The lowest BCUT2D eigenvalue weighted by Crippen LogP contribution is -2.23. The SMILES string of the molecule is CCOC(=O)c1ccccc1NC(=O)c1ccc(N(CC)CC)nc1. The smallest absolute Gasteiger partial charge is 0.340 e. The second kappa shape index (κ2) is 8.82. The van der Waals surface area contributed by atoms with Crippen LogP contribution in [0.15, 0.2) is 42.6 Å². The van der Waals surface area contributed by atoms with Crippen molar-refractivity contribution in [2.75, 3.05) is 29.9 Å². The summed E-state index contributed by atoms with van der Waals surface area (Å²) in [7, 11) is 0. The second-order valence-electron chi connectivity index (χ2n) is 5.30. The normalized spacial score (nSPS) is 10.2. The van der Waals surface area contributed by atoms with E-state index in [0.717, 1.165) is 18.9 Å². The first-order valence-electron chi connectivity index (χ1n) is 8.39. The van der Waals surface area contributed by atoms with Gasteiger partial charge in [-0.15, -0.1) is 0 Å². The summed E-state index contributed by atoms with van der Waals surface area (Å²) in [5.74, 6) is 0.0391. The van der Waals surface area contributed by atoms with Crippen molar-refractivity contribution in [2.45, 2.75) is 20.8 Å². The fourth-order valence-electron chi connectivity index (χ4n) is 2.43. The molecule has 0 saturated carbocycles. The van der Waals surface area contributed by atoms with Crippen molar-refractivity contribution in [3.63, 3.8) is 0 Å². The minimum atomic E-state index is -0.464. The van der Waals surface area contributed by atoms with Gasteiger partial charge in [0.2, 0.25) is 0 Å². The van der Waals surface area contributed by atoms with Crippen molar-refractivity contribution in [1.82, 2.24) is 4.98 Å². The summed E-state index contributed by atoms with van der Waals surface area (Å²) >= 11 is 0. The number of hydrogen-bond donors (Lipinski definition) is 1. The number of esters is 1. The molecular weight excluding hydrogens is 318 g/mol. The Morgan fingerprint density at radius 1 is 1.08 bits per heavy atom. The Bertz CT molecular complexity index is 725. The molecule has 0 aliphatic rings. The van der Waals surface area contributed by atoms with Crippen LogP contribution in [0.5, 0.6) is 0 Å². The third kappa shape index (κ3) is 4.56. The van der Waals surface area contributed by atoms with Gasteiger partial charge in [-0.05, 0) is 45.0 Å². The number of pyridine rings is 1. The Morgan fingerprint density at radius 2 is 1.80 bits per heavy atom. The summed E-state index contributed by atoms with van der Waals surface area (Å²) in [5.41, 5.74) is 1.17. The van der Waals surface area contributed by atoms with E-state index < -0.39 is 5.97 Å². The lowest BCUT2D eigenvalue weighted by molar-refractivity contribution is 0.0527. The van der Waals surface area contributed by atoms with Crippen molar-refractivity contribution in [3.8, 4) is 0 Å². The molecule has 6 nitrogen and oxygen atoms in total. The van der Waals surface area contributed by atoms with Gasteiger partial charge in [-0.3, -0.25) is 4.79 Å². The Kier molecular flexibility index (Phi) is 6.51. The molecule has 2 rings (SSSR count). The molecule has 1 N–H and O–H groups in total. The van der Waals surface area contributed by atoms with E-state index in [0.29, 0.717) is 16.8 Å². The molecule has 25 heavy (non-hydrogen) atoms. The maximum atomic E-state index is 12.5. The van der Waals surface area contributed by atoms with Crippen LogP contribution in [0.3, 0.4) is 0 Å². The zero-order valence-electron chi connectivity index (χ0n) is 14.8. The highest BCUT2D eigenvalue weighted by atomic mass is 16.5. The predicted octanol–water partition coefficient (Wildman–Crippen LogP) is 3.36. The number of para-hydroxylation sites is 1. The van der Waals surface area contributed by atoms with Gasteiger partial charge < -0.3 is 15.0 Å². The number of ether oxygens (including phenoxy) is 1. The van der Waals surface area contributed by atoms with E-state index in [1.165, 1.54) is 6.20 Å². The molecule has 0 saturated heterocycles. The number of hydrogen-bond acceptors (Lipinski definition) is 5. The van der Waals surface area contributed by atoms with E-state index >= 15 is 0 Å². The first kappa shape index (κ1) is 18.4. The number of carbonyl (C=O) groups excluding carboxylic acids is 2. The van der Waals surface area contributed by atoms with Crippen LogP contribution < -0.4 is 10.2 Å². The summed E-state index contributed by atoms with van der Waals surface area (Å²) < 4.78 is 5.01. The highest BCUT2D eigenvalue weighted by Gasteiger charge is 2.15. The van der Waals surface area contributed by atoms with E-state index in [1.807, 2.05) is 6.07 Å². The van der Waals surface area contributed by atoms with Gasteiger partial charge in [0.25, 0.3) is 5.91 Å². The average Bonchev–Trinajstić information content (AvgIpc) is 2.64. The summed E-state index contributed by atoms with van der Waals surface area (Å²) in [4.78, 5) is 30.9. The molecule has 0 aliphatic heterocycles. The fourth-order valence-corrected chi connectivity index (χ4v) is 2.43. The molecule has 1 aromatic carbocycles. The molecule has 0 bridgehead atoms. The van der Waals surface area contributed by atoms with Gasteiger partial charge in [0.05, 0.1) is 23.4 Å². The first-order chi connectivity index (χ1) is 12.1. The zero-order valence-corrected chi connectivity index (χ0v) is 14.8. The molecule has 0 unspecified atom stereocenters. The van der Waals surface area contributed by atoms with Gasteiger partial charge in [-0.2, -0.15) is 0 Å². The quantitative estimate of drug-likeness (QED) is 0.782. The largest absolute Gasteiger partial charge is 0.462 e. The van der Waals surface area contributed by atoms with Crippen LogP contribution in [0.25, 0.3) is 0 Å². The maximum absolute atomic E-state index is 12.5. The van der Waals surface area contributed by atoms with Crippen LogP contribution >= 0.6 is 0 Å². The summed E-state index contributed by atoms with van der Waals surface area (Å²) in [6.07, 6.45) is 1.54. The highest BCUT2D eigenvalue weighted by molar-refractivity contribution is 6.07. The molecule has 0 fully saturated rings. The van der Waals surface area contributed by atoms with Gasteiger partial charge in [-0.1, -0.05) is 12.1 Å². The van der Waals surface area contributed by atoms with Crippen molar-refractivity contribution < 1.29 is 14.3 Å². The van der Waals surface area contributed by atoms with Crippen LogP contribution in [0, 0.1) is 0 Å². The zero-order chi connectivity index (χ0) is 18.2. The lowest BCUT2D eigenvalue weighted by atomic mass is 10.1. The van der Waals surface area contributed by atoms with Gasteiger partial charge in [0.1, 0.15) is 5.82 Å². The molecule has 1 amide bonds. The topological polar surface area (TPSA) is 71.5 Å². The highest BCUT2D eigenvalue weighted by Crippen LogP contribution is 2.18. The monoisotopic (exact) mass is 341 g/mol. The van der Waals surface area contributed by atoms with Crippen LogP contribution in [0.2, 0.25) is 0 Å². The Labute approximate surface area is 147 Å². The molecule has 0 spiro atoms. The Hall–Kier alpha value is -2.89. The standard InChI is InChI=1S/C19H23N3O3/c1-4-22(5-2)17-12-11-14(13-20-17)18(23)21-16-10-8-7-9-15(16)19(24)25-6-3/h7-13H,4-6H2,1-3H3,(H,21,23). The summed E-state index contributed by atoms with van der Waals surface area (Å²) in [5, 5.41) is 2.75. The van der Waals surface area contributed by atoms with Gasteiger partial charge in [-0.25, -0.2) is 9.78 Å². The van der Waals surface area contributed by atoms with Crippen molar-refractivity contribution in [2.24, 2.45) is 0 Å². The van der Waals surface area contributed by atoms with Gasteiger partial charge >= 0.3 is 5.97 Å². The fraction of sp³-hybridized carbons (Fsp3) is 0.316. The number of nitrogens with zero attached hydrogens (tertiary/aromatic N) is 2. The Balaban J connectivity index is 2.16. The predicted molar refractivity (Wildman–Crippen MR) is 98.1 cm³/mol. The van der Waals surface area contributed by atoms with E-state index in [9.17, 15) is 9.59 Å². The molecule has 1 heterocycles. The number of nitrogens with one attached hydrogen (secondary N) is 1. The van der Waals surface area contributed by atoms with Crippen LogP contribution in [0.4, 0.5) is 11.5 Å². The third-order valence-corrected chi connectivity index (χ3v) is 3.77. The molecule has 132 valence electrons. The number of aromatic nitrogens is 1. The minimum absolute atomic E-state index is 0.276. The number of carbonyl (C=O) groups is 2. The number of benzene rings is 1. The maximum Gasteiger partial charge on any atom is 0.340 e. The minimum Gasteiger partial charge on any atom is -0.462 e. The number of amides is 1. The lowest BCUT2D eigenvalue weighted by Gasteiger charge is -2.19. The van der Waals surface area contributed by atoms with Crippen LogP contribution in [0.1, 0.15) is 41.5 Å². The van der Waals surface area contributed by atoms with E-state index in [-0.39, 0.29) is 12.5 Å². The first-order valence-corrected chi connectivity index (χ1v) is 8.39. The number of anilines is 2. The molecular formula is C19H23N3O3. The van der Waals surface area contributed by atoms with Crippen molar-refractivity contribution >= 4 is 23.4 Å². The van der Waals surface area contributed by atoms with E-state index in [2.05, 4.69) is 29.0 Å². The van der Waals surface area contributed by atoms with Crippen molar-refractivity contribution in [1.29, 1.82) is 0 Å². The van der Waals surface area contributed by atoms with E-state index in [4.69, 9.17) is 4.74 Å². The van der Waals surface area contributed by atoms with Crippen LogP contribution in [-0.2, 0) is 4.74 Å². The molecule has 6 heteroatoms. The summed E-state index contributed by atoms with van der Waals surface area (Å²) in [6.45, 7) is 7.82. The van der Waals surface area contributed by atoms with Crippen molar-refractivity contribution in [3.05, 3.63) is 53.7 Å². The van der Waals surface area contributed by atoms with Gasteiger partial charge in [0.15, 0.2) is 0 Å². The third-order valence-electron chi connectivity index (χ3n) is 3.77. The summed E-state index contributed by atoms with van der Waals surface area (Å²) in [6, 6.07) is 10.3. The van der Waals surface area contributed by atoms with Gasteiger partial charge in [0, 0.05) is 19.3 Å². The molecule has 0 radical (unpaired) electrons.